The van der Waals surface area contributed by atoms with Gasteiger partial charge in [0.1, 0.15) is 5.65 Å². The van der Waals surface area contributed by atoms with E-state index in [0.717, 1.165) is 16.6 Å². The summed E-state index contributed by atoms with van der Waals surface area (Å²) >= 11 is 5.78. The van der Waals surface area contributed by atoms with Crippen molar-refractivity contribution < 1.29 is 8.42 Å². The Morgan fingerprint density at radius 1 is 1.22 bits per heavy atom. The predicted molar refractivity (Wildman–Crippen MR) is 91.1 cm³/mol. The molecule has 5 nitrogen and oxygen atoms in total. The molecule has 0 aliphatic rings. The lowest BCUT2D eigenvalue weighted by molar-refractivity contribution is 0.581. The van der Waals surface area contributed by atoms with Crippen molar-refractivity contribution in [2.45, 2.75) is 11.3 Å². The van der Waals surface area contributed by atoms with Crippen LogP contribution in [0.15, 0.2) is 53.7 Å². The molecule has 23 heavy (non-hydrogen) atoms. The van der Waals surface area contributed by atoms with E-state index >= 15 is 0 Å². The quantitative estimate of drug-likeness (QED) is 0.770. The SMILES string of the molecule is Cn1cc(CCNS(=O)(=O)c2ccc(Cl)cc2)c2cccnc21. The zero-order valence-electron chi connectivity index (χ0n) is 12.5. The van der Waals surface area contributed by atoms with Gasteiger partial charge in [-0.25, -0.2) is 18.1 Å². The third-order valence-electron chi connectivity index (χ3n) is 3.63. The van der Waals surface area contributed by atoms with Crippen LogP contribution in [-0.4, -0.2) is 24.5 Å². The van der Waals surface area contributed by atoms with Crippen molar-refractivity contribution >= 4 is 32.7 Å². The molecule has 0 radical (unpaired) electrons. The van der Waals surface area contributed by atoms with Gasteiger partial charge in [-0.1, -0.05) is 11.6 Å². The summed E-state index contributed by atoms with van der Waals surface area (Å²) in [6.45, 7) is 0.318. The topological polar surface area (TPSA) is 64.0 Å². The lowest BCUT2D eigenvalue weighted by Crippen LogP contribution is -2.25. The molecule has 0 unspecified atom stereocenters. The molecule has 0 aliphatic heterocycles. The number of aryl methyl sites for hydroxylation is 1. The number of aromatic nitrogens is 2. The molecule has 0 fully saturated rings. The lowest BCUT2D eigenvalue weighted by Gasteiger charge is -2.06. The molecule has 0 spiro atoms. The van der Waals surface area contributed by atoms with Crippen LogP contribution in [0.4, 0.5) is 0 Å². The van der Waals surface area contributed by atoms with Gasteiger partial charge in [-0.05, 0) is 48.4 Å². The molecule has 0 amide bonds. The number of hydrogen-bond donors (Lipinski definition) is 1. The molecular formula is C16H16ClN3O2S. The summed E-state index contributed by atoms with van der Waals surface area (Å²) in [7, 11) is -1.60. The van der Waals surface area contributed by atoms with Gasteiger partial charge in [-0.2, -0.15) is 0 Å². The number of benzene rings is 1. The summed E-state index contributed by atoms with van der Waals surface area (Å²) in [4.78, 5) is 4.54. The second-order valence-corrected chi connectivity index (χ2v) is 7.44. The van der Waals surface area contributed by atoms with Crippen LogP contribution in [0.5, 0.6) is 0 Å². The van der Waals surface area contributed by atoms with Crippen molar-refractivity contribution in [3.63, 3.8) is 0 Å². The summed E-state index contributed by atoms with van der Waals surface area (Å²) in [5, 5.41) is 1.55. The number of pyridine rings is 1. The molecule has 0 aliphatic carbocycles. The summed E-state index contributed by atoms with van der Waals surface area (Å²) in [6, 6.07) is 9.98. The van der Waals surface area contributed by atoms with Crippen molar-refractivity contribution in [1.82, 2.24) is 14.3 Å². The van der Waals surface area contributed by atoms with Gasteiger partial charge in [0.05, 0.1) is 4.90 Å². The van der Waals surface area contributed by atoms with E-state index in [2.05, 4.69) is 9.71 Å². The van der Waals surface area contributed by atoms with E-state index in [1.54, 1.807) is 18.3 Å². The maximum atomic E-state index is 12.2. The molecule has 1 aromatic carbocycles. The van der Waals surface area contributed by atoms with E-state index in [1.807, 2.05) is 29.9 Å². The number of fused-ring (bicyclic) bond motifs is 1. The Morgan fingerprint density at radius 2 is 1.96 bits per heavy atom. The molecule has 3 aromatic rings. The number of halogens is 1. The molecular weight excluding hydrogens is 334 g/mol. The average Bonchev–Trinajstić information content (AvgIpc) is 2.85. The zero-order chi connectivity index (χ0) is 16.4. The maximum absolute atomic E-state index is 12.2. The van der Waals surface area contributed by atoms with Gasteiger partial charge in [0, 0.05) is 36.4 Å². The molecule has 2 heterocycles. The van der Waals surface area contributed by atoms with Gasteiger partial charge in [0.2, 0.25) is 10.0 Å². The maximum Gasteiger partial charge on any atom is 0.240 e. The van der Waals surface area contributed by atoms with E-state index in [1.165, 1.54) is 12.1 Å². The molecule has 0 bridgehead atoms. The fourth-order valence-corrected chi connectivity index (χ4v) is 3.67. The second-order valence-electron chi connectivity index (χ2n) is 5.24. The molecule has 2 aromatic heterocycles. The zero-order valence-corrected chi connectivity index (χ0v) is 14.1. The Hall–Kier alpha value is -1.89. The first-order chi connectivity index (χ1) is 11.0. The van der Waals surface area contributed by atoms with Crippen LogP contribution in [-0.2, 0) is 23.5 Å². The Morgan fingerprint density at radius 3 is 2.70 bits per heavy atom. The van der Waals surface area contributed by atoms with E-state index in [9.17, 15) is 8.42 Å². The van der Waals surface area contributed by atoms with Gasteiger partial charge in [-0.15, -0.1) is 0 Å². The summed E-state index contributed by atoms with van der Waals surface area (Å²) in [5.41, 5.74) is 1.96. The normalized spacial score (nSPS) is 11.9. The first kappa shape index (κ1) is 16.0. The predicted octanol–water partition coefficient (Wildman–Crippen LogP) is 2.75. The number of nitrogens with zero attached hydrogens (tertiary/aromatic N) is 2. The minimum Gasteiger partial charge on any atom is -0.335 e. The van der Waals surface area contributed by atoms with Crippen LogP contribution in [0, 0.1) is 0 Å². The Kier molecular flexibility index (Phi) is 4.39. The number of hydrogen-bond acceptors (Lipinski definition) is 3. The second kappa shape index (κ2) is 6.31. The molecule has 1 N–H and O–H groups in total. The standard InChI is InChI=1S/C16H16ClN3O2S/c1-20-11-12(15-3-2-9-18-16(15)20)8-10-19-23(21,22)14-6-4-13(17)5-7-14/h2-7,9,11,19H,8,10H2,1H3. The molecule has 0 atom stereocenters. The molecule has 7 heteroatoms. The molecule has 0 saturated heterocycles. The largest absolute Gasteiger partial charge is 0.335 e. The van der Waals surface area contributed by atoms with Gasteiger partial charge in [-0.3, -0.25) is 0 Å². The third kappa shape index (κ3) is 3.39. The fourth-order valence-electron chi connectivity index (χ4n) is 2.51. The van der Waals surface area contributed by atoms with Crippen LogP contribution in [0.1, 0.15) is 5.56 Å². The van der Waals surface area contributed by atoms with Gasteiger partial charge in [0.25, 0.3) is 0 Å². The minimum atomic E-state index is -3.52. The fraction of sp³-hybridized carbons (Fsp3) is 0.188. The van der Waals surface area contributed by atoms with Gasteiger partial charge in [0.15, 0.2) is 0 Å². The minimum absolute atomic E-state index is 0.210. The van der Waals surface area contributed by atoms with E-state index in [4.69, 9.17) is 11.6 Å². The number of rotatable bonds is 5. The van der Waals surface area contributed by atoms with Crippen molar-refractivity contribution in [2.24, 2.45) is 7.05 Å². The summed E-state index contributed by atoms with van der Waals surface area (Å²) < 4.78 is 29.0. The van der Waals surface area contributed by atoms with Crippen LogP contribution in [0.2, 0.25) is 5.02 Å². The monoisotopic (exact) mass is 349 g/mol. The van der Waals surface area contributed by atoms with Crippen molar-refractivity contribution in [2.75, 3.05) is 6.54 Å². The van der Waals surface area contributed by atoms with Gasteiger partial charge < -0.3 is 4.57 Å². The van der Waals surface area contributed by atoms with Gasteiger partial charge >= 0.3 is 0 Å². The molecule has 0 saturated carbocycles. The van der Waals surface area contributed by atoms with Crippen LogP contribution >= 0.6 is 11.6 Å². The average molecular weight is 350 g/mol. The van der Waals surface area contributed by atoms with Crippen molar-refractivity contribution in [1.29, 1.82) is 0 Å². The Balaban J connectivity index is 1.72. The number of nitrogens with one attached hydrogen (secondary N) is 1. The highest BCUT2D eigenvalue weighted by atomic mass is 35.5. The lowest BCUT2D eigenvalue weighted by atomic mass is 10.2. The van der Waals surface area contributed by atoms with E-state index < -0.39 is 10.0 Å². The first-order valence-electron chi connectivity index (χ1n) is 7.11. The molecule has 120 valence electrons. The highest BCUT2D eigenvalue weighted by Crippen LogP contribution is 2.19. The first-order valence-corrected chi connectivity index (χ1v) is 8.98. The van der Waals surface area contributed by atoms with Crippen molar-refractivity contribution in [3.8, 4) is 0 Å². The smallest absolute Gasteiger partial charge is 0.240 e. The van der Waals surface area contributed by atoms with Crippen molar-refractivity contribution in [3.05, 3.63) is 59.4 Å². The summed E-state index contributed by atoms with van der Waals surface area (Å²) in [5.74, 6) is 0. The Labute approximate surface area is 140 Å². The number of sulfonamides is 1. The van der Waals surface area contributed by atoms with E-state index in [-0.39, 0.29) is 4.90 Å². The third-order valence-corrected chi connectivity index (χ3v) is 5.36. The van der Waals surface area contributed by atoms with Crippen LogP contribution < -0.4 is 4.72 Å². The van der Waals surface area contributed by atoms with E-state index in [0.29, 0.717) is 18.0 Å². The summed E-state index contributed by atoms with van der Waals surface area (Å²) in [6.07, 6.45) is 4.32. The highest BCUT2D eigenvalue weighted by Gasteiger charge is 2.14. The van der Waals surface area contributed by atoms with Crippen LogP contribution in [0.3, 0.4) is 0 Å². The highest BCUT2D eigenvalue weighted by molar-refractivity contribution is 7.89. The Bertz CT molecular complexity index is 934. The van der Waals surface area contributed by atoms with Crippen LogP contribution in [0.25, 0.3) is 11.0 Å². The molecule has 3 rings (SSSR count).